The minimum Gasteiger partial charge on any atom is -0.491 e. The second-order valence-corrected chi connectivity index (χ2v) is 7.38. The molecule has 11 nitrogen and oxygen atoms in total. The standard InChI is InChI=1S/C18H14FN5O6S/c1-8-7-9(3-4-10(8)19)24-16(22-29-18(24)27)12-17(23-30-21-12)31-6-5-20-11-13(25)14(26)15(11)28-2/h3-4,7,20H,5-6H2,1-2H3. The van der Waals surface area contributed by atoms with Crippen molar-refractivity contribution in [1.29, 1.82) is 0 Å². The number of hydrogen-bond acceptors (Lipinski definition) is 11. The predicted octanol–water partition coefficient (Wildman–Crippen LogP) is 1.13. The first-order valence-corrected chi connectivity index (χ1v) is 9.83. The van der Waals surface area contributed by atoms with E-state index in [2.05, 4.69) is 20.8 Å². The van der Waals surface area contributed by atoms with E-state index in [4.69, 9.17) is 13.9 Å². The molecule has 0 unspecified atom stereocenters. The molecule has 13 heteroatoms. The maximum absolute atomic E-state index is 13.6. The second kappa shape index (κ2) is 8.18. The van der Waals surface area contributed by atoms with Gasteiger partial charge in [-0.15, -0.1) is 0 Å². The van der Waals surface area contributed by atoms with Crippen molar-refractivity contribution in [3.8, 4) is 23.0 Å². The van der Waals surface area contributed by atoms with Gasteiger partial charge in [0, 0.05) is 12.3 Å². The lowest BCUT2D eigenvalue weighted by atomic mass is 10.2. The van der Waals surface area contributed by atoms with E-state index in [0.717, 1.165) is 4.57 Å². The lowest BCUT2D eigenvalue weighted by Gasteiger charge is -2.11. The topological polar surface area (TPSA) is 142 Å². The number of methoxy groups -OCH3 is 1. The number of aryl methyl sites for hydroxylation is 1. The highest BCUT2D eigenvalue weighted by Crippen LogP contribution is 2.28. The van der Waals surface area contributed by atoms with Crippen LogP contribution in [0.25, 0.3) is 17.2 Å². The summed E-state index contributed by atoms with van der Waals surface area (Å²) in [7, 11) is 1.31. The average Bonchev–Trinajstić information content (AvgIpc) is 3.37. The molecule has 0 saturated heterocycles. The molecule has 31 heavy (non-hydrogen) atoms. The van der Waals surface area contributed by atoms with Crippen LogP contribution in [0, 0.1) is 12.7 Å². The van der Waals surface area contributed by atoms with Crippen LogP contribution in [0.15, 0.2) is 46.8 Å². The first kappa shape index (κ1) is 20.5. The van der Waals surface area contributed by atoms with Gasteiger partial charge in [0.2, 0.25) is 5.82 Å². The summed E-state index contributed by atoms with van der Waals surface area (Å²) in [6, 6.07) is 4.11. The van der Waals surface area contributed by atoms with Gasteiger partial charge >= 0.3 is 5.76 Å². The fraction of sp³-hybridized carbons (Fsp3) is 0.222. The quantitative estimate of drug-likeness (QED) is 0.236. The van der Waals surface area contributed by atoms with Gasteiger partial charge in [0.1, 0.15) is 11.5 Å². The van der Waals surface area contributed by atoms with Crippen LogP contribution in [0.3, 0.4) is 0 Å². The summed E-state index contributed by atoms with van der Waals surface area (Å²) in [6.45, 7) is 1.87. The van der Waals surface area contributed by atoms with E-state index in [0.29, 0.717) is 28.6 Å². The number of anilines is 1. The van der Waals surface area contributed by atoms with Crippen LogP contribution in [0.2, 0.25) is 0 Å². The number of nitrogens with zero attached hydrogens (tertiary/aromatic N) is 4. The minimum atomic E-state index is -0.783. The number of halogens is 1. The summed E-state index contributed by atoms with van der Waals surface area (Å²) in [6.07, 6.45) is 0. The fourth-order valence-corrected chi connectivity index (χ4v) is 3.61. The van der Waals surface area contributed by atoms with Crippen LogP contribution in [0.4, 0.5) is 10.1 Å². The molecule has 0 saturated carbocycles. The zero-order chi connectivity index (χ0) is 22.1. The van der Waals surface area contributed by atoms with Crippen molar-refractivity contribution in [2.24, 2.45) is 0 Å². The number of rotatable bonds is 8. The molecule has 2 heterocycles. The Morgan fingerprint density at radius 3 is 2.74 bits per heavy atom. The summed E-state index contributed by atoms with van der Waals surface area (Å²) in [4.78, 5) is 35.1. The van der Waals surface area contributed by atoms with Gasteiger partial charge in [-0.3, -0.25) is 14.1 Å². The zero-order valence-corrected chi connectivity index (χ0v) is 17.0. The van der Waals surface area contributed by atoms with Gasteiger partial charge in [0.15, 0.2) is 16.5 Å². The molecule has 0 aliphatic heterocycles. The molecule has 2 aromatic carbocycles. The van der Waals surface area contributed by atoms with Crippen LogP contribution < -0.4 is 26.7 Å². The maximum atomic E-state index is 13.6. The van der Waals surface area contributed by atoms with Crippen molar-refractivity contribution in [2.45, 2.75) is 11.9 Å². The molecule has 0 atom stereocenters. The smallest absolute Gasteiger partial charge is 0.446 e. The molecule has 0 fully saturated rings. The third-order valence-corrected chi connectivity index (χ3v) is 5.34. The highest BCUT2D eigenvalue weighted by atomic mass is 32.2. The Bertz CT molecular complexity index is 1380. The molecule has 0 radical (unpaired) electrons. The zero-order valence-electron chi connectivity index (χ0n) is 16.2. The van der Waals surface area contributed by atoms with Gasteiger partial charge in [-0.25, -0.2) is 18.4 Å². The highest BCUT2D eigenvalue weighted by Gasteiger charge is 2.24. The first-order chi connectivity index (χ1) is 14.9. The van der Waals surface area contributed by atoms with Crippen LogP contribution in [0.1, 0.15) is 5.56 Å². The van der Waals surface area contributed by atoms with Crippen molar-refractivity contribution in [1.82, 2.24) is 20.0 Å². The number of ether oxygens (including phenoxy) is 1. The van der Waals surface area contributed by atoms with E-state index in [9.17, 15) is 18.8 Å². The molecule has 2 aromatic heterocycles. The van der Waals surface area contributed by atoms with Crippen molar-refractivity contribution in [3.63, 3.8) is 0 Å². The van der Waals surface area contributed by atoms with E-state index in [1.54, 1.807) is 6.92 Å². The lowest BCUT2D eigenvalue weighted by Crippen LogP contribution is -2.35. The average molecular weight is 447 g/mol. The Morgan fingerprint density at radius 2 is 2.00 bits per heavy atom. The maximum Gasteiger partial charge on any atom is 0.446 e. The molecule has 0 spiro atoms. The molecule has 4 aromatic rings. The van der Waals surface area contributed by atoms with Crippen molar-refractivity contribution >= 4 is 17.4 Å². The third-order valence-electron chi connectivity index (χ3n) is 4.39. The summed E-state index contributed by atoms with van der Waals surface area (Å²) in [5.74, 6) is -0.758. The Hall–Kier alpha value is -3.74. The van der Waals surface area contributed by atoms with Crippen LogP contribution in [0.5, 0.6) is 5.75 Å². The van der Waals surface area contributed by atoms with Gasteiger partial charge in [-0.05, 0) is 41.0 Å². The normalized spacial score (nSPS) is 11.2. The minimum absolute atomic E-state index is 0.00000257. The molecule has 0 aliphatic rings. The highest BCUT2D eigenvalue weighted by molar-refractivity contribution is 7.99. The Balaban J connectivity index is 1.52. The molecule has 1 N–H and O–H groups in total. The number of aromatic nitrogens is 4. The van der Waals surface area contributed by atoms with Gasteiger partial charge in [0.25, 0.3) is 10.9 Å². The lowest BCUT2D eigenvalue weighted by molar-refractivity contribution is 0.299. The summed E-state index contributed by atoms with van der Waals surface area (Å²) in [5.41, 5.74) is -0.335. The third kappa shape index (κ3) is 3.63. The summed E-state index contributed by atoms with van der Waals surface area (Å²) < 4.78 is 29.2. The molecular formula is C18H14FN5O6S. The molecular weight excluding hydrogens is 433 g/mol. The van der Waals surface area contributed by atoms with E-state index in [-0.39, 0.29) is 23.0 Å². The van der Waals surface area contributed by atoms with Crippen molar-refractivity contribution < 1.29 is 18.3 Å². The predicted molar refractivity (Wildman–Crippen MR) is 107 cm³/mol. The first-order valence-electron chi connectivity index (χ1n) is 8.84. The van der Waals surface area contributed by atoms with E-state index >= 15 is 0 Å². The van der Waals surface area contributed by atoms with Crippen molar-refractivity contribution in [3.05, 3.63) is 60.6 Å². The van der Waals surface area contributed by atoms with Crippen molar-refractivity contribution in [2.75, 3.05) is 24.7 Å². The Kier molecular flexibility index (Phi) is 5.42. The van der Waals surface area contributed by atoms with E-state index in [1.165, 1.54) is 37.1 Å². The number of hydrogen-bond donors (Lipinski definition) is 1. The Labute approximate surface area is 176 Å². The summed E-state index contributed by atoms with van der Waals surface area (Å²) >= 11 is 1.21. The van der Waals surface area contributed by atoms with Crippen LogP contribution >= 0.6 is 11.8 Å². The fourth-order valence-electron chi connectivity index (χ4n) is 2.86. The SMILES string of the molecule is COc1c(NCCSc2nonc2-c2noc(=O)n2-c2ccc(F)c(C)c2)c(=O)c1=O. The monoisotopic (exact) mass is 447 g/mol. The molecule has 160 valence electrons. The summed E-state index contributed by atoms with van der Waals surface area (Å²) in [5, 5.41) is 14.5. The van der Waals surface area contributed by atoms with Gasteiger partial charge in [-0.1, -0.05) is 16.9 Å². The van der Waals surface area contributed by atoms with Gasteiger partial charge in [-0.2, -0.15) is 0 Å². The van der Waals surface area contributed by atoms with Crippen LogP contribution in [-0.4, -0.2) is 39.4 Å². The number of thioether (sulfide) groups is 1. The molecule has 0 aliphatic carbocycles. The molecule has 0 amide bonds. The molecule has 0 bridgehead atoms. The number of benzene rings is 1. The van der Waals surface area contributed by atoms with E-state index in [1.807, 2.05) is 0 Å². The number of nitrogens with one attached hydrogen (secondary N) is 1. The van der Waals surface area contributed by atoms with Gasteiger partial charge in [0.05, 0.1) is 12.8 Å². The Morgan fingerprint density at radius 1 is 1.19 bits per heavy atom. The largest absolute Gasteiger partial charge is 0.491 e. The van der Waals surface area contributed by atoms with Gasteiger partial charge < -0.3 is 10.1 Å². The second-order valence-electron chi connectivity index (χ2n) is 6.30. The molecule has 4 rings (SSSR count). The van der Waals surface area contributed by atoms with Crippen LogP contribution in [-0.2, 0) is 0 Å². The van der Waals surface area contributed by atoms with E-state index < -0.39 is 22.4 Å².